The highest BCUT2D eigenvalue weighted by Gasteiger charge is 2.33. The molecule has 3 rings (SSSR count). The minimum absolute atomic E-state index is 0.0931. The molecule has 2 heterocycles. The van der Waals surface area contributed by atoms with E-state index < -0.39 is 0 Å². The zero-order valence-corrected chi connectivity index (χ0v) is 19.9. The molecule has 1 unspecified atom stereocenters. The number of thioether (sulfide) groups is 1. The third-order valence-electron chi connectivity index (χ3n) is 4.51. The molecule has 0 saturated heterocycles. The Morgan fingerprint density at radius 3 is 2.87 bits per heavy atom. The van der Waals surface area contributed by atoms with Crippen molar-refractivity contribution in [2.45, 2.75) is 32.7 Å². The number of benzene rings is 1. The first-order chi connectivity index (χ1) is 14.9. The van der Waals surface area contributed by atoms with E-state index in [1.807, 2.05) is 24.4 Å². The van der Waals surface area contributed by atoms with Gasteiger partial charge >= 0.3 is 0 Å². The number of halogens is 1. The van der Waals surface area contributed by atoms with Gasteiger partial charge in [0, 0.05) is 10.9 Å². The summed E-state index contributed by atoms with van der Waals surface area (Å²) in [6.07, 6.45) is 3.67. The molecule has 164 valence electrons. The molecule has 2 amide bonds. The maximum Gasteiger partial charge on any atom is 0.283 e. The van der Waals surface area contributed by atoms with Gasteiger partial charge in [-0.05, 0) is 49.1 Å². The van der Waals surface area contributed by atoms with Gasteiger partial charge in [-0.25, -0.2) is 4.99 Å². The number of nitrogens with zero attached hydrogens (tertiary/aromatic N) is 2. The highest BCUT2D eigenvalue weighted by atomic mass is 35.5. The van der Waals surface area contributed by atoms with Crippen molar-refractivity contribution in [3.63, 3.8) is 0 Å². The first-order valence-electron chi connectivity index (χ1n) is 9.87. The number of ether oxygens (including phenoxy) is 1. The van der Waals surface area contributed by atoms with Crippen LogP contribution in [0.5, 0.6) is 5.75 Å². The number of anilines is 1. The van der Waals surface area contributed by atoms with Crippen LogP contribution in [-0.4, -0.2) is 35.9 Å². The highest BCUT2D eigenvalue weighted by molar-refractivity contribution is 8.14. The van der Waals surface area contributed by atoms with Crippen LogP contribution in [0, 0.1) is 0 Å². The van der Waals surface area contributed by atoms with Crippen LogP contribution in [0.25, 0.3) is 6.08 Å². The molecule has 0 bridgehead atoms. The molecule has 9 heteroatoms. The lowest BCUT2D eigenvalue weighted by Crippen LogP contribution is -2.35. The molecule has 6 nitrogen and oxygen atoms in total. The second-order valence-corrected chi connectivity index (χ2v) is 9.27. The molecule has 1 aliphatic rings. The van der Waals surface area contributed by atoms with Crippen LogP contribution in [0.1, 0.15) is 31.6 Å². The number of carbonyl (C=O) groups excluding carboxylic acids is 2. The summed E-state index contributed by atoms with van der Waals surface area (Å²) in [4.78, 5) is 32.5. The molecular weight excluding hydrogens is 454 g/mol. The Bertz CT molecular complexity index is 1010. The number of amides is 2. The molecule has 1 atom stereocenters. The topological polar surface area (TPSA) is 71.0 Å². The zero-order valence-electron chi connectivity index (χ0n) is 17.6. The number of aliphatic imine (C=N–C) groups is 1. The third-order valence-corrected chi connectivity index (χ3v) is 6.56. The molecule has 1 aliphatic heterocycles. The number of amidine groups is 1. The van der Waals surface area contributed by atoms with Crippen LogP contribution in [0.2, 0.25) is 5.02 Å². The molecule has 2 aromatic rings. The summed E-state index contributed by atoms with van der Waals surface area (Å²) in [5.41, 5.74) is 0.882. The third kappa shape index (κ3) is 5.90. The normalized spacial score (nSPS) is 15.9. The van der Waals surface area contributed by atoms with Gasteiger partial charge < -0.3 is 10.1 Å². The lowest BCUT2D eigenvalue weighted by Gasteiger charge is -2.19. The largest absolute Gasteiger partial charge is 0.495 e. The lowest BCUT2D eigenvalue weighted by atomic mass is 10.2. The van der Waals surface area contributed by atoms with Gasteiger partial charge in [0.05, 0.1) is 23.6 Å². The maximum atomic E-state index is 13.2. The molecular formula is C22H24ClN3O3S2. The van der Waals surface area contributed by atoms with Crippen molar-refractivity contribution in [3.05, 3.63) is 51.3 Å². The van der Waals surface area contributed by atoms with Crippen molar-refractivity contribution in [2.75, 3.05) is 17.8 Å². The van der Waals surface area contributed by atoms with Gasteiger partial charge in [-0.2, -0.15) is 0 Å². The Labute approximate surface area is 195 Å². The van der Waals surface area contributed by atoms with E-state index >= 15 is 0 Å². The molecule has 0 fully saturated rings. The number of hydrogen-bond acceptors (Lipinski definition) is 6. The second-order valence-electron chi connectivity index (χ2n) is 6.94. The average molecular weight is 478 g/mol. The summed E-state index contributed by atoms with van der Waals surface area (Å²) in [6, 6.07) is 9.05. The van der Waals surface area contributed by atoms with Gasteiger partial charge in [-0.3, -0.25) is 14.5 Å². The molecule has 31 heavy (non-hydrogen) atoms. The Morgan fingerprint density at radius 1 is 1.42 bits per heavy atom. The molecule has 0 spiro atoms. The fraction of sp³-hybridized carbons (Fsp3) is 0.318. The summed E-state index contributed by atoms with van der Waals surface area (Å²) in [6.45, 7) is 4.06. The SMILES string of the molecule is CCCC(C)NC(=O)CSC1=NC(=Cc2cccs2)C(=O)N1c1ccc(OC)c(Cl)c1. The standard InChI is InChI=1S/C22H24ClN3O3S2/c1-4-6-14(2)24-20(27)13-31-22-25-18(12-16-7-5-10-30-16)21(28)26(22)15-8-9-19(29-3)17(23)11-15/h5,7-12,14H,4,6,13H2,1-3H3,(H,24,27). The van der Waals surface area contributed by atoms with E-state index in [1.165, 1.54) is 35.1 Å². The Balaban J connectivity index is 1.84. The molecule has 0 radical (unpaired) electrons. The van der Waals surface area contributed by atoms with Crippen molar-refractivity contribution >= 4 is 63.4 Å². The quantitative estimate of drug-likeness (QED) is 0.531. The zero-order chi connectivity index (χ0) is 22.4. The van der Waals surface area contributed by atoms with Crippen LogP contribution >= 0.6 is 34.7 Å². The minimum atomic E-state index is -0.267. The van der Waals surface area contributed by atoms with Crippen LogP contribution in [0.15, 0.2) is 46.4 Å². The summed E-state index contributed by atoms with van der Waals surface area (Å²) >= 11 is 9.03. The van der Waals surface area contributed by atoms with Gasteiger partial charge in [0.2, 0.25) is 5.91 Å². The molecule has 1 N–H and O–H groups in total. The number of methoxy groups -OCH3 is 1. The van der Waals surface area contributed by atoms with Crippen molar-refractivity contribution < 1.29 is 14.3 Å². The Hall–Kier alpha value is -2.29. The highest BCUT2D eigenvalue weighted by Crippen LogP contribution is 2.34. The van der Waals surface area contributed by atoms with E-state index in [4.69, 9.17) is 16.3 Å². The summed E-state index contributed by atoms with van der Waals surface area (Å²) in [5.74, 6) is 0.315. The molecule has 1 aromatic carbocycles. The van der Waals surface area contributed by atoms with Crippen LogP contribution in [-0.2, 0) is 9.59 Å². The van der Waals surface area contributed by atoms with Crippen molar-refractivity contribution in [2.24, 2.45) is 4.99 Å². The monoisotopic (exact) mass is 477 g/mol. The van der Waals surface area contributed by atoms with Crippen LogP contribution < -0.4 is 15.0 Å². The maximum absolute atomic E-state index is 13.2. The van der Waals surface area contributed by atoms with Gasteiger partial charge in [0.25, 0.3) is 5.91 Å². The van der Waals surface area contributed by atoms with Crippen LogP contribution in [0.3, 0.4) is 0 Å². The smallest absolute Gasteiger partial charge is 0.283 e. The van der Waals surface area contributed by atoms with E-state index in [0.717, 1.165) is 17.7 Å². The number of hydrogen-bond donors (Lipinski definition) is 1. The second kappa shape index (κ2) is 10.8. The lowest BCUT2D eigenvalue weighted by molar-refractivity contribution is -0.119. The van der Waals surface area contributed by atoms with Crippen molar-refractivity contribution in [1.29, 1.82) is 0 Å². The summed E-state index contributed by atoms with van der Waals surface area (Å²) in [7, 11) is 1.53. The van der Waals surface area contributed by atoms with Gasteiger partial charge in [0.15, 0.2) is 5.17 Å². The van der Waals surface area contributed by atoms with Gasteiger partial charge in [0.1, 0.15) is 11.4 Å². The summed E-state index contributed by atoms with van der Waals surface area (Å²) < 4.78 is 5.21. The molecule has 0 aliphatic carbocycles. The predicted molar refractivity (Wildman–Crippen MR) is 130 cm³/mol. The van der Waals surface area contributed by atoms with E-state index in [1.54, 1.807) is 24.3 Å². The molecule has 1 aromatic heterocycles. The fourth-order valence-electron chi connectivity index (χ4n) is 3.08. The Kier molecular flexibility index (Phi) is 8.17. The average Bonchev–Trinajstić information content (AvgIpc) is 3.35. The first-order valence-corrected chi connectivity index (χ1v) is 12.1. The van der Waals surface area contributed by atoms with Crippen molar-refractivity contribution in [3.8, 4) is 5.75 Å². The minimum Gasteiger partial charge on any atom is -0.495 e. The molecule has 0 saturated carbocycles. The fourth-order valence-corrected chi connectivity index (χ4v) is 4.80. The van der Waals surface area contributed by atoms with Crippen molar-refractivity contribution in [1.82, 2.24) is 5.32 Å². The van der Waals surface area contributed by atoms with E-state index in [9.17, 15) is 9.59 Å². The predicted octanol–water partition coefficient (Wildman–Crippen LogP) is 5.19. The van der Waals surface area contributed by atoms with E-state index in [2.05, 4.69) is 17.2 Å². The summed E-state index contributed by atoms with van der Waals surface area (Å²) in [5, 5.41) is 5.74. The van der Waals surface area contributed by atoms with E-state index in [0.29, 0.717) is 27.3 Å². The van der Waals surface area contributed by atoms with Gasteiger partial charge in [-0.1, -0.05) is 42.8 Å². The Morgan fingerprint density at radius 2 is 2.23 bits per heavy atom. The number of thiophene rings is 1. The van der Waals surface area contributed by atoms with E-state index in [-0.39, 0.29) is 23.6 Å². The number of nitrogens with one attached hydrogen (secondary N) is 1. The van der Waals surface area contributed by atoms with Crippen LogP contribution in [0.4, 0.5) is 5.69 Å². The first kappa shape index (κ1) is 23.4. The van der Waals surface area contributed by atoms with Gasteiger partial charge in [-0.15, -0.1) is 11.3 Å². The number of carbonyl (C=O) groups is 2. The number of rotatable bonds is 8.